The number of rotatable bonds is 5. The summed E-state index contributed by atoms with van der Waals surface area (Å²) >= 11 is 0. The van der Waals surface area contributed by atoms with E-state index in [1.165, 1.54) is 25.5 Å². The van der Waals surface area contributed by atoms with Crippen molar-refractivity contribution < 1.29 is 18.7 Å². The second kappa shape index (κ2) is 6.39. The van der Waals surface area contributed by atoms with Gasteiger partial charge in [0.05, 0.1) is 19.4 Å². The summed E-state index contributed by atoms with van der Waals surface area (Å²) in [5.41, 5.74) is 0.466. The maximum atomic E-state index is 12.0. The van der Waals surface area contributed by atoms with Gasteiger partial charge in [-0.3, -0.25) is 9.59 Å². The minimum absolute atomic E-state index is 0.0218. The Morgan fingerprint density at radius 1 is 1.29 bits per heavy atom. The number of nitrogens with zero attached hydrogens (tertiary/aromatic N) is 1. The molecular formula is C15H12N2O4. The van der Waals surface area contributed by atoms with E-state index in [0.717, 1.165) is 0 Å². The number of ketones is 1. The quantitative estimate of drug-likeness (QED) is 0.671. The molecule has 106 valence electrons. The summed E-state index contributed by atoms with van der Waals surface area (Å²) in [5.74, 6) is -2.22. The number of anilines is 1. The predicted molar refractivity (Wildman–Crippen MR) is 73.8 cm³/mol. The molecule has 21 heavy (non-hydrogen) atoms. The van der Waals surface area contributed by atoms with Gasteiger partial charge in [0.15, 0.2) is 11.7 Å². The number of methoxy groups -OCH3 is 1. The van der Waals surface area contributed by atoms with Gasteiger partial charge in [0.25, 0.3) is 0 Å². The molecule has 0 aliphatic carbocycles. The third-order valence-corrected chi connectivity index (χ3v) is 2.78. The summed E-state index contributed by atoms with van der Waals surface area (Å²) in [5, 5.41) is 11.5. The van der Waals surface area contributed by atoms with E-state index in [1.54, 1.807) is 30.3 Å². The number of benzene rings is 1. The Labute approximate surface area is 120 Å². The number of ether oxygens (including phenoxy) is 1. The van der Waals surface area contributed by atoms with E-state index in [4.69, 9.17) is 14.4 Å². The van der Waals surface area contributed by atoms with Crippen LogP contribution < -0.4 is 10.1 Å². The Morgan fingerprint density at radius 2 is 2.00 bits per heavy atom. The molecular weight excluding hydrogens is 272 g/mol. The lowest BCUT2D eigenvalue weighted by molar-refractivity contribution is -0.117. The van der Waals surface area contributed by atoms with Crippen LogP contribution in [-0.2, 0) is 4.79 Å². The van der Waals surface area contributed by atoms with Gasteiger partial charge in [-0.25, -0.2) is 0 Å². The van der Waals surface area contributed by atoms with E-state index < -0.39 is 17.6 Å². The van der Waals surface area contributed by atoms with Crippen molar-refractivity contribution in [1.82, 2.24) is 0 Å². The third kappa shape index (κ3) is 3.28. The van der Waals surface area contributed by atoms with Crippen LogP contribution in [0, 0.1) is 17.2 Å². The van der Waals surface area contributed by atoms with Crippen LogP contribution in [0.2, 0.25) is 0 Å². The minimum Gasteiger partial charge on any atom is -0.497 e. The van der Waals surface area contributed by atoms with E-state index in [9.17, 15) is 9.59 Å². The molecule has 1 N–H and O–H groups in total. The molecule has 0 aliphatic heterocycles. The van der Waals surface area contributed by atoms with Gasteiger partial charge in [-0.15, -0.1) is 0 Å². The molecule has 6 heteroatoms. The molecule has 1 unspecified atom stereocenters. The molecule has 0 spiro atoms. The van der Waals surface area contributed by atoms with Crippen LogP contribution in [0.5, 0.6) is 5.75 Å². The van der Waals surface area contributed by atoms with Crippen LogP contribution in [-0.4, -0.2) is 18.8 Å². The molecule has 1 atom stereocenters. The summed E-state index contributed by atoms with van der Waals surface area (Å²) in [4.78, 5) is 24.0. The van der Waals surface area contributed by atoms with Gasteiger partial charge in [0.2, 0.25) is 11.7 Å². The summed E-state index contributed by atoms with van der Waals surface area (Å²) in [6, 6.07) is 11.2. The topological polar surface area (TPSA) is 92.3 Å². The number of hydrogen-bond donors (Lipinski definition) is 1. The summed E-state index contributed by atoms with van der Waals surface area (Å²) < 4.78 is 9.91. The number of amides is 1. The van der Waals surface area contributed by atoms with Crippen molar-refractivity contribution in [2.75, 3.05) is 12.4 Å². The second-order valence-electron chi connectivity index (χ2n) is 4.12. The van der Waals surface area contributed by atoms with Gasteiger partial charge >= 0.3 is 0 Å². The number of carbonyl (C=O) groups excluding carboxylic acids is 2. The molecule has 1 aromatic carbocycles. The fraction of sp³-hybridized carbons (Fsp3) is 0.133. The molecule has 1 aromatic heterocycles. The number of hydrogen-bond acceptors (Lipinski definition) is 5. The lowest BCUT2D eigenvalue weighted by Gasteiger charge is -2.09. The minimum atomic E-state index is -1.46. The highest BCUT2D eigenvalue weighted by Crippen LogP contribution is 2.17. The normalized spacial score (nSPS) is 11.2. The first-order valence-electron chi connectivity index (χ1n) is 6.08. The maximum Gasteiger partial charge on any atom is 0.249 e. The fourth-order valence-corrected chi connectivity index (χ4v) is 1.69. The van der Waals surface area contributed by atoms with E-state index in [-0.39, 0.29) is 5.76 Å². The Morgan fingerprint density at radius 3 is 2.52 bits per heavy atom. The molecule has 2 aromatic rings. The molecule has 6 nitrogen and oxygen atoms in total. The van der Waals surface area contributed by atoms with Crippen molar-refractivity contribution in [2.45, 2.75) is 0 Å². The summed E-state index contributed by atoms with van der Waals surface area (Å²) in [6.07, 6.45) is 1.31. The van der Waals surface area contributed by atoms with Crippen molar-refractivity contribution in [2.24, 2.45) is 5.92 Å². The van der Waals surface area contributed by atoms with Crippen LogP contribution in [0.1, 0.15) is 10.6 Å². The maximum absolute atomic E-state index is 12.0. The van der Waals surface area contributed by atoms with Crippen LogP contribution in [0.25, 0.3) is 0 Å². The Kier molecular flexibility index (Phi) is 4.36. The molecule has 1 heterocycles. The molecule has 1 amide bonds. The lowest BCUT2D eigenvalue weighted by atomic mass is 10.0. The van der Waals surface area contributed by atoms with Crippen LogP contribution in [0.15, 0.2) is 47.1 Å². The second-order valence-corrected chi connectivity index (χ2v) is 4.12. The van der Waals surface area contributed by atoms with E-state index in [2.05, 4.69) is 5.32 Å². The highest BCUT2D eigenvalue weighted by molar-refractivity contribution is 6.14. The van der Waals surface area contributed by atoms with Gasteiger partial charge in [0, 0.05) is 5.69 Å². The number of nitrogens with one attached hydrogen (secondary N) is 1. The van der Waals surface area contributed by atoms with Crippen molar-refractivity contribution in [3.8, 4) is 11.8 Å². The lowest BCUT2D eigenvalue weighted by Crippen LogP contribution is -2.28. The van der Waals surface area contributed by atoms with Crippen LogP contribution >= 0.6 is 0 Å². The van der Waals surface area contributed by atoms with Crippen LogP contribution in [0.4, 0.5) is 5.69 Å². The van der Waals surface area contributed by atoms with Crippen molar-refractivity contribution in [1.29, 1.82) is 5.26 Å². The van der Waals surface area contributed by atoms with Crippen molar-refractivity contribution in [3.63, 3.8) is 0 Å². The molecule has 0 bridgehead atoms. The molecule has 0 aliphatic rings. The third-order valence-electron chi connectivity index (χ3n) is 2.78. The molecule has 2 rings (SSSR count). The zero-order chi connectivity index (χ0) is 15.2. The Balaban J connectivity index is 2.10. The predicted octanol–water partition coefficient (Wildman–Crippen LogP) is 2.25. The largest absolute Gasteiger partial charge is 0.497 e. The Hall–Kier alpha value is -3.07. The first-order valence-corrected chi connectivity index (χ1v) is 6.08. The number of nitriles is 1. The molecule has 0 saturated carbocycles. The Bertz CT molecular complexity index is 669. The van der Waals surface area contributed by atoms with Crippen molar-refractivity contribution >= 4 is 17.4 Å². The number of Topliss-reactive ketones (excluding diaryl/α,β-unsaturated/α-hetero) is 1. The SMILES string of the molecule is COc1ccc(NC(=O)C(C#N)C(=O)c2ccco2)cc1. The number of furan rings is 1. The first-order chi connectivity index (χ1) is 10.2. The van der Waals surface area contributed by atoms with Gasteiger partial charge in [0.1, 0.15) is 5.75 Å². The molecule has 0 fully saturated rings. The smallest absolute Gasteiger partial charge is 0.249 e. The monoisotopic (exact) mass is 284 g/mol. The first kappa shape index (κ1) is 14.3. The average molecular weight is 284 g/mol. The zero-order valence-electron chi connectivity index (χ0n) is 11.2. The highest BCUT2D eigenvalue weighted by atomic mass is 16.5. The van der Waals surface area contributed by atoms with Gasteiger partial charge < -0.3 is 14.5 Å². The van der Waals surface area contributed by atoms with Gasteiger partial charge in [-0.1, -0.05) is 0 Å². The van der Waals surface area contributed by atoms with E-state index in [0.29, 0.717) is 11.4 Å². The van der Waals surface area contributed by atoms with E-state index >= 15 is 0 Å². The van der Waals surface area contributed by atoms with E-state index in [1.807, 2.05) is 0 Å². The van der Waals surface area contributed by atoms with Gasteiger partial charge in [-0.2, -0.15) is 5.26 Å². The standard InChI is InChI=1S/C15H12N2O4/c1-20-11-6-4-10(5-7-11)17-15(19)12(9-16)14(18)13-3-2-8-21-13/h2-8,12H,1H3,(H,17,19). The average Bonchev–Trinajstić information content (AvgIpc) is 3.03. The van der Waals surface area contributed by atoms with Gasteiger partial charge in [-0.05, 0) is 36.4 Å². The summed E-state index contributed by atoms with van der Waals surface area (Å²) in [6.45, 7) is 0. The zero-order valence-corrected chi connectivity index (χ0v) is 11.2. The molecule has 0 saturated heterocycles. The highest BCUT2D eigenvalue weighted by Gasteiger charge is 2.29. The summed E-state index contributed by atoms with van der Waals surface area (Å²) in [7, 11) is 1.53. The van der Waals surface area contributed by atoms with Crippen LogP contribution in [0.3, 0.4) is 0 Å². The number of carbonyl (C=O) groups is 2. The molecule has 0 radical (unpaired) electrons. The fourth-order valence-electron chi connectivity index (χ4n) is 1.69. The van der Waals surface area contributed by atoms with Crippen molar-refractivity contribution in [3.05, 3.63) is 48.4 Å².